The Morgan fingerprint density at radius 3 is 2.82 bits per heavy atom. The fourth-order valence-electron chi connectivity index (χ4n) is 1.59. The maximum absolute atomic E-state index is 4.30. The van der Waals surface area contributed by atoms with Crippen LogP contribution in [0.2, 0.25) is 0 Å². The molecule has 2 rings (SSSR count). The Balaban J connectivity index is 2.16. The summed E-state index contributed by atoms with van der Waals surface area (Å²) in [6, 6.07) is 2.06. The molecule has 1 N–H and O–H groups in total. The maximum atomic E-state index is 4.30. The highest BCUT2D eigenvalue weighted by Crippen LogP contribution is 2.20. The monoisotopic (exact) mass is 295 g/mol. The molecule has 1 atom stereocenters. The molecule has 0 aromatic carbocycles. The summed E-state index contributed by atoms with van der Waals surface area (Å²) in [4.78, 5) is 4.30. The van der Waals surface area contributed by atoms with Gasteiger partial charge < -0.3 is 9.88 Å². The van der Waals surface area contributed by atoms with Crippen LogP contribution < -0.4 is 5.32 Å². The molecular formula is C11H14BrN5. The van der Waals surface area contributed by atoms with Crippen molar-refractivity contribution < 1.29 is 0 Å². The predicted molar refractivity (Wildman–Crippen MR) is 69.7 cm³/mol. The number of hydrogen-bond acceptors (Lipinski definition) is 4. The van der Waals surface area contributed by atoms with Crippen molar-refractivity contribution >= 4 is 21.7 Å². The fraction of sp³-hybridized carbons (Fsp3) is 0.364. The number of nitrogens with zero attached hydrogens (tertiary/aromatic N) is 4. The lowest BCUT2D eigenvalue weighted by atomic mass is 10.2. The third-order valence-corrected chi connectivity index (χ3v) is 3.38. The smallest absolute Gasteiger partial charge is 0.154 e. The van der Waals surface area contributed by atoms with E-state index in [2.05, 4.69) is 36.4 Å². The topological polar surface area (TPSA) is 55.6 Å². The molecule has 2 aromatic rings. The molecule has 0 spiro atoms. The molecule has 0 amide bonds. The van der Waals surface area contributed by atoms with Gasteiger partial charge in [0, 0.05) is 17.7 Å². The minimum atomic E-state index is 0.0653. The first-order chi connectivity index (χ1) is 8.08. The average molecular weight is 296 g/mol. The van der Waals surface area contributed by atoms with Crippen molar-refractivity contribution in [3.8, 4) is 0 Å². The van der Waals surface area contributed by atoms with Crippen LogP contribution in [0, 0.1) is 6.92 Å². The summed E-state index contributed by atoms with van der Waals surface area (Å²) in [5, 5.41) is 11.2. The highest BCUT2D eigenvalue weighted by atomic mass is 79.9. The number of hydrogen-bond donors (Lipinski definition) is 1. The van der Waals surface area contributed by atoms with Crippen LogP contribution in [0.25, 0.3) is 0 Å². The van der Waals surface area contributed by atoms with Crippen LogP contribution in [0.3, 0.4) is 0 Å². The summed E-state index contributed by atoms with van der Waals surface area (Å²) < 4.78 is 2.90. The molecule has 1 unspecified atom stereocenters. The number of anilines is 1. The Morgan fingerprint density at radius 1 is 1.47 bits per heavy atom. The van der Waals surface area contributed by atoms with E-state index in [4.69, 9.17) is 0 Å². The van der Waals surface area contributed by atoms with Gasteiger partial charge in [0.15, 0.2) is 5.82 Å². The highest BCUT2D eigenvalue weighted by molar-refractivity contribution is 9.10. The zero-order valence-electron chi connectivity index (χ0n) is 9.98. The van der Waals surface area contributed by atoms with Crippen molar-refractivity contribution in [3.05, 3.63) is 34.5 Å². The number of rotatable bonds is 3. The number of aryl methyl sites for hydroxylation is 2. The zero-order valence-corrected chi connectivity index (χ0v) is 11.6. The second kappa shape index (κ2) is 4.83. The highest BCUT2D eigenvalue weighted by Gasteiger charge is 2.11. The number of nitrogens with one attached hydrogen (secondary N) is 1. The molecule has 2 aromatic heterocycles. The van der Waals surface area contributed by atoms with E-state index in [0.717, 1.165) is 21.7 Å². The van der Waals surface area contributed by atoms with E-state index in [1.807, 2.05) is 31.5 Å². The zero-order chi connectivity index (χ0) is 12.4. The Bertz CT molecular complexity index is 522. The number of aromatic nitrogens is 4. The maximum Gasteiger partial charge on any atom is 0.154 e. The number of pyridine rings is 1. The molecule has 6 heteroatoms. The SMILES string of the molecule is Cc1cc(NC(C)c2nncn2C)ncc1Br. The van der Waals surface area contributed by atoms with E-state index in [9.17, 15) is 0 Å². The molecule has 0 fully saturated rings. The first kappa shape index (κ1) is 12.0. The van der Waals surface area contributed by atoms with Crippen molar-refractivity contribution in [3.63, 3.8) is 0 Å². The van der Waals surface area contributed by atoms with Gasteiger partial charge in [-0.25, -0.2) is 4.98 Å². The summed E-state index contributed by atoms with van der Waals surface area (Å²) in [6.45, 7) is 4.06. The van der Waals surface area contributed by atoms with Crippen LogP contribution in [0.1, 0.15) is 24.4 Å². The first-order valence-corrected chi connectivity index (χ1v) is 6.10. The molecule has 0 aliphatic rings. The van der Waals surface area contributed by atoms with Gasteiger partial charge in [0.05, 0.1) is 6.04 Å². The Kier molecular flexibility index (Phi) is 3.42. The molecule has 90 valence electrons. The average Bonchev–Trinajstić information content (AvgIpc) is 2.70. The largest absolute Gasteiger partial charge is 0.360 e. The van der Waals surface area contributed by atoms with Crippen LogP contribution >= 0.6 is 15.9 Å². The standard InChI is InChI=1S/C11H14BrN5/c1-7-4-10(13-5-9(7)12)15-8(2)11-16-14-6-17(11)3/h4-6,8H,1-3H3,(H,13,15). The minimum absolute atomic E-state index is 0.0653. The van der Waals surface area contributed by atoms with E-state index < -0.39 is 0 Å². The van der Waals surface area contributed by atoms with E-state index >= 15 is 0 Å². The molecule has 0 aliphatic carbocycles. The van der Waals surface area contributed by atoms with Crippen molar-refractivity contribution in [1.82, 2.24) is 19.7 Å². The molecule has 0 aliphatic heterocycles. The molecule has 0 saturated carbocycles. The third-order valence-electron chi connectivity index (χ3n) is 2.55. The Morgan fingerprint density at radius 2 is 2.24 bits per heavy atom. The third kappa shape index (κ3) is 2.63. The lowest BCUT2D eigenvalue weighted by molar-refractivity contribution is 0.716. The van der Waals surface area contributed by atoms with Crippen molar-refractivity contribution in [2.24, 2.45) is 7.05 Å². The van der Waals surface area contributed by atoms with Crippen LogP contribution in [-0.2, 0) is 7.05 Å². The minimum Gasteiger partial charge on any atom is -0.360 e. The van der Waals surface area contributed by atoms with Gasteiger partial charge in [-0.15, -0.1) is 10.2 Å². The second-order valence-electron chi connectivity index (χ2n) is 3.98. The van der Waals surface area contributed by atoms with Crippen molar-refractivity contribution in [2.75, 3.05) is 5.32 Å². The van der Waals surface area contributed by atoms with Crippen LogP contribution in [0.4, 0.5) is 5.82 Å². The normalized spacial score (nSPS) is 12.5. The molecule has 5 nitrogen and oxygen atoms in total. The summed E-state index contributed by atoms with van der Waals surface area (Å²) >= 11 is 3.43. The van der Waals surface area contributed by atoms with Gasteiger partial charge in [-0.1, -0.05) is 0 Å². The van der Waals surface area contributed by atoms with Crippen LogP contribution in [-0.4, -0.2) is 19.7 Å². The molecule has 0 bridgehead atoms. The number of halogens is 1. The molecular weight excluding hydrogens is 282 g/mol. The van der Waals surface area contributed by atoms with Crippen LogP contribution in [0.5, 0.6) is 0 Å². The Labute approximate surface area is 108 Å². The predicted octanol–water partition coefficient (Wildman–Crippen LogP) is 2.45. The van der Waals surface area contributed by atoms with Gasteiger partial charge in [-0.3, -0.25) is 0 Å². The lowest BCUT2D eigenvalue weighted by Crippen LogP contribution is -2.12. The van der Waals surface area contributed by atoms with E-state index in [-0.39, 0.29) is 6.04 Å². The molecule has 2 heterocycles. The van der Waals surface area contributed by atoms with Crippen molar-refractivity contribution in [1.29, 1.82) is 0 Å². The lowest BCUT2D eigenvalue weighted by Gasteiger charge is -2.14. The van der Waals surface area contributed by atoms with Gasteiger partial charge in [0.1, 0.15) is 12.1 Å². The van der Waals surface area contributed by atoms with Gasteiger partial charge in [0.25, 0.3) is 0 Å². The summed E-state index contributed by atoms with van der Waals surface area (Å²) in [5.41, 5.74) is 1.15. The van der Waals surface area contributed by atoms with E-state index in [1.54, 1.807) is 12.5 Å². The van der Waals surface area contributed by atoms with E-state index in [1.165, 1.54) is 0 Å². The molecule has 0 saturated heterocycles. The van der Waals surface area contributed by atoms with Gasteiger partial charge in [0.2, 0.25) is 0 Å². The fourth-order valence-corrected chi connectivity index (χ4v) is 1.81. The first-order valence-electron chi connectivity index (χ1n) is 5.30. The quantitative estimate of drug-likeness (QED) is 0.945. The van der Waals surface area contributed by atoms with Crippen LogP contribution in [0.15, 0.2) is 23.1 Å². The van der Waals surface area contributed by atoms with Gasteiger partial charge in [-0.05, 0) is 41.4 Å². The van der Waals surface area contributed by atoms with E-state index in [0.29, 0.717) is 0 Å². The molecule has 17 heavy (non-hydrogen) atoms. The summed E-state index contributed by atoms with van der Waals surface area (Å²) in [6.07, 6.45) is 3.48. The molecule has 0 radical (unpaired) electrons. The van der Waals surface area contributed by atoms with Crippen molar-refractivity contribution in [2.45, 2.75) is 19.9 Å². The van der Waals surface area contributed by atoms with Gasteiger partial charge in [-0.2, -0.15) is 0 Å². The summed E-state index contributed by atoms with van der Waals surface area (Å²) in [5.74, 6) is 1.72. The second-order valence-corrected chi connectivity index (χ2v) is 4.84. The van der Waals surface area contributed by atoms with Gasteiger partial charge >= 0.3 is 0 Å². The Hall–Kier alpha value is -1.43. The summed E-state index contributed by atoms with van der Waals surface area (Å²) in [7, 11) is 1.92.